The summed E-state index contributed by atoms with van der Waals surface area (Å²) in [5.74, 6) is -0.0172. The number of hydrogen-bond acceptors (Lipinski definition) is 3. The Kier molecular flexibility index (Phi) is 5.26. The van der Waals surface area contributed by atoms with E-state index in [1.165, 1.54) is 12.1 Å². The molecule has 1 aromatic heterocycles. The number of nitrogens with one attached hydrogen (secondary N) is 1. The summed E-state index contributed by atoms with van der Waals surface area (Å²) in [6, 6.07) is 6.05. The van der Waals surface area contributed by atoms with Crippen LogP contribution in [0.5, 0.6) is 5.88 Å². The zero-order chi connectivity index (χ0) is 15.4. The normalized spacial score (nSPS) is 12.0. The fraction of sp³-hybridized carbons (Fsp3) is 0.267. The third-order valence-corrected chi connectivity index (χ3v) is 3.65. The molecular weight excluding hydrogens is 314 g/mol. The highest BCUT2D eigenvalue weighted by atomic mass is 35.5. The fourth-order valence-corrected chi connectivity index (χ4v) is 2.70. The molecule has 1 unspecified atom stereocenters. The number of hydrogen-bond donors (Lipinski definition) is 1. The molecule has 0 saturated heterocycles. The molecule has 0 saturated carbocycles. The molecule has 0 aliphatic rings. The molecule has 6 heteroatoms. The quantitative estimate of drug-likeness (QED) is 0.775. The minimum absolute atomic E-state index is 0.0179. The summed E-state index contributed by atoms with van der Waals surface area (Å²) in [5, 5.41) is 3.62. The second kappa shape index (κ2) is 6.96. The van der Waals surface area contributed by atoms with Gasteiger partial charge in [-0.3, -0.25) is 0 Å². The lowest BCUT2D eigenvalue weighted by atomic mass is 10.1. The molecule has 0 fully saturated rings. The summed E-state index contributed by atoms with van der Waals surface area (Å²) < 4.78 is 19.0. The summed E-state index contributed by atoms with van der Waals surface area (Å²) in [5.41, 5.74) is 1.20. The summed E-state index contributed by atoms with van der Waals surface area (Å²) >= 11 is 12.1. The van der Waals surface area contributed by atoms with Crippen molar-refractivity contribution >= 4 is 28.9 Å². The van der Waals surface area contributed by atoms with Crippen LogP contribution in [0.15, 0.2) is 30.5 Å². The summed E-state index contributed by atoms with van der Waals surface area (Å²) in [4.78, 5) is 4.15. The van der Waals surface area contributed by atoms with Crippen LogP contribution in [0.3, 0.4) is 0 Å². The van der Waals surface area contributed by atoms with E-state index in [2.05, 4.69) is 10.3 Å². The Bertz CT molecular complexity index is 637. The van der Waals surface area contributed by atoms with E-state index in [-0.39, 0.29) is 11.1 Å². The molecule has 0 radical (unpaired) electrons. The van der Waals surface area contributed by atoms with E-state index < -0.39 is 5.82 Å². The van der Waals surface area contributed by atoms with Crippen LogP contribution >= 0.6 is 23.2 Å². The molecule has 0 aliphatic heterocycles. The molecule has 0 amide bonds. The molecule has 2 aromatic rings. The predicted molar refractivity (Wildman–Crippen MR) is 83.9 cm³/mol. The largest absolute Gasteiger partial charge is 0.476 e. The molecule has 0 aliphatic carbocycles. The Balaban J connectivity index is 2.31. The molecule has 1 N–H and O–H groups in total. The molecule has 1 aromatic carbocycles. The van der Waals surface area contributed by atoms with Gasteiger partial charge in [-0.1, -0.05) is 23.2 Å². The Labute approximate surface area is 133 Å². The van der Waals surface area contributed by atoms with Crippen molar-refractivity contribution in [3.63, 3.8) is 0 Å². The van der Waals surface area contributed by atoms with Gasteiger partial charge in [0.15, 0.2) is 0 Å². The molecule has 2 rings (SSSR count). The van der Waals surface area contributed by atoms with Gasteiger partial charge in [0.1, 0.15) is 5.82 Å². The third-order valence-electron chi connectivity index (χ3n) is 2.94. The molecule has 112 valence electrons. The summed E-state index contributed by atoms with van der Waals surface area (Å²) in [6.45, 7) is 4.22. The molecule has 1 atom stereocenters. The number of aromatic nitrogens is 1. The molecule has 1 heterocycles. The van der Waals surface area contributed by atoms with Gasteiger partial charge in [0.05, 0.1) is 23.4 Å². The van der Waals surface area contributed by atoms with Crippen LogP contribution in [0.2, 0.25) is 10.0 Å². The van der Waals surface area contributed by atoms with Crippen LogP contribution in [0, 0.1) is 5.82 Å². The second-order valence-corrected chi connectivity index (χ2v) is 5.20. The molecule has 0 bridgehead atoms. The van der Waals surface area contributed by atoms with Crippen LogP contribution < -0.4 is 10.1 Å². The first-order chi connectivity index (χ1) is 10.0. The molecule has 3 nitrogen and oxygen atoms in total. The number of anilines is 1. The molecule has 21 heavy (non-hydrogen) atoms. The second-order valence-electron chi connectivity index (χ2n) is 4.41. The maximum absolute atomic E-state index is 13.6. The van der Waals surface area contributed by atoms with Crippen molar-refractivity contribution in [3.8, 4) is 5.88 Å². The van der Waals surface area contributed by atoms with Crippen molar-refractivity contribution in [2.75, 3.05) is 11.9 Å². The Hall–Kier alpha value is -1.52. The highest BCUT2D eigenvalue weighted by Crippen LogP contribution is 2.35. The van der Waals surface area contributed by atoms with E-state index in [0.717, 1.165) is 0 Å². The van der Waals surface area contributed by atoms with Gasteiger partial charge < -0.3 is 10.1 Å². The predicted octanol–water partition coefficient (Wildman–Crippen LogP) is 5.10. The monoisotopic (exact) mass is 328 g/mol. The number of rotatable bonds is 5. The van der Waals surface area contributed by atoms with Gasteiger partial charge in [-0.15, -0.1) is 0 Å². The van der Waals surface area contributed by atoms with Gasteiger partial charge in [0.25, 0.3) is 0 Å². The zero-order valence-corrected chi connectivity index (χ0v) is 13.2. The highest BCUT2D eigenvalue weighted by molar-refractivity contribution is 6.36. The third kappa shape index (κ3) is 3.57. The van der Waals surface area contributed by atoms with Gasteiger partial charge in [-0.25, -0.2) is 9.37 Å². The first-order valence-corrected chi connectivity index (χ1v) is 7.28. The Morgan fingerprint density at radius 2 is 2.10 bits per heavy atom. The Morgan fingerprint density at radius 3 is 2.81 bits per heavy atom. The minimum atomic E-state index is -0.499. The highest BCUT2D eigenvalue weighted by Gasteiger charge is 2.18. The van der Waals surface area contributed by atoms with E-state index in [1.54, 1.807) is 12.3 Å². The van der Waals surface area contributed by atoms with Crippen LogP contribution in [-0.2, 0) is 0 Å². The van der Waals surface area contributed by atoms with Crippen LogP contribution in [0.4, 0.5) is 10.1 Å². The smallest absolute Gasteiger partial charge is 0.237 e. The minimum Gasteiger partial charge on any atom is -0.476 e. The van der Waals surface area contributed by atoms with Gasteiger partial charge in [-0.05, 0) is 38.1 Å². The van der Waals surface area contributed by atoms with Crippen molar-refractivity contribution < 1.29 is 9.13 Å². The van der Waals surface area contributed by atoms with Gasteiger partial charge in [0, 0.05) is 16.8 Å². The van der Waals surface area contributed by atoms with Crippen molar-refractivity contribution in [3.05, 3.63) is 51.9 Å². The first-order valence-electron chi connectivity index (χ1n) is 6.52. The lowest BCUT2D eigenvalue weighted by molar-refractivity contribution is 0.328. The van der Waals surface area contributed by atoms with Crippen molar-refractivity contribution in [1.82, 2.24) is 4.98 Å². The topological polar surface area (TPSA) is 34.1 Å². The van der Waals surface area contributed by atoms with Crippen LogP contribution in [-0.4, -0.2) is 11.6 Å². The van der Waals surface area contributed by atoms with Gasteiger partial charge in [0.2, 0.25) is 5.88 Å². The lowest BCUT2D eigenvalue weighted by Crippen LogP contribution is -2.10. The van der Waals surface area contributed by atoms with Crippen LogP contribution in [0.25, 0.3) is 0 Å². The average molecular weight is 329 g/mol. The zero-order valence-electron chi connectivity index (χ0n) is 11.7. The van der Waals surface area contributed by atoms with E-state index >= 15 is 0 Å². The number of pyridine rings is 1. The SMILES string of the molecule is CCOc1ncccc1NC(C)c1c(Cl)ccc(F)c1Cl. The van der Waals surface area contributed by atoms with E-state index in [0.29, 0.717) is 28.8 Å². The molecule has 0 spiro atoms. The average Bonchev–Trinajstić information content (AvgIpc) is 2.46. The van der Waals surface area contributed by atoms with Gasteiger partial charge >= 0.3 is 0 Å². The first kappa shape index (κ1) is 15.9. The lowest BCUT2D eigenvalue weighted by Gasteiger charge is -2.20. The summed E-state index contributed by atoms with van der Waals surface area (Å²) in [7, 11) is 0. The Morgan fingerprint density at radius 1 is 1.33 bits per heavy atom. The number of benzene rings is 1. The summed E-state index contributed by atoms with van der Waals surface area (Å²) in [6.07, 6.45) is 1.64. The fourth-order valence-electron chi connectivity index (χ4n) is 2.00. The number of ether oxygens (including phenoxy) is 1. The van der Waals surface area contributed by atoms with E-state index in [4.69, 9.17) is 27.9 Å². The molecular formula is C15H15Cl2FN2O. The maximum Gasteiger partial charge on any atom is 0.237 e. The van der Waals surface area contributed by atoms with Crippen molar-refractivity contribution in [2.24, 2.45) is 0 Å². The van der Waals surface area contributed by atoms with Crippen molar-refractivity contribution in [1.29, 1.82) is 0 Å². The van der Waals surface area contributed by atoms with E-state index in [1.807, 2.05) is 19.9 Å². The number of nitrogens with zero attached hydrogens (tertiary/aromatic N) is 1. The number of halogens is 3. The van der Waals surface area contributed by atoms with Gasteiger partial charge in [-0.2, -0.15) is 0 Å². The maximum atomic E-state index is 13.6. The standard InChI is InChI=1S/C15H15Cl2FN2O/c1-3-21-15-12(5-4-8-19-15)20-9(2)13-10(16)6-7-11(18)14(13)17/h4-9,20H,3H2,1-2H3. The van der Waals surface area contributed by atoms with Crippen LogP contribution in [0.1, 0.15) is 25.5 Å². The van der Waals surface area contributed by atoms with Crippen molar-refractivity contribution in [2.45, 2.75) is 19.9 Å². The van der Waals surface area contributed by atoms with E-state index in [9.17, 15) is 4.39 Å².